The molecule has 1 rings (SSSR count). The van der Waals surface area contributed by atoms with Crippen LogP contribution in [0.15, 0.2) is 24.3 Å². The lowest BCUT2D eigenvalue weighted by atomic mass is 10.0. The molecule has 1 nitrogen and oxygen atoms in total. The van der Waals surface area contributed by atoms with Crippen LogP contribution in [-0.4, -0.2) is 5.78 Å². The largest absolute Gasteiger partial charge is 0.299 e. The molecule has 1 aromatic carbocycles. The predicted octanol–water partition coefficient (Wildman–Crippen LogP) is 3.52. The van der Waals surface area contributed by atoms with Crippen LogP contribution in [0.1, 0.15) is 38.2 Å². The summed E-state index contributed by atoms with van der Waals surface area (Å²) >= 11 is 0. The second-order valence-corrected chi connectivity index (χ2v) is 3.80. The second-order valence-electron chi connectivity index (χ2n) is 3.80. The van der Waals surface area contributed by atoms with Gasteiger partial charge >= 0.3 is 0 Å². The summed E-state index contributed by atoms with van der Waals surface area (Å²) in [6, 6.07) is 6.14. The Bertz CT molecular complexity index is 303. The number of ketones is 1. The molecule has 0 N–H and O–H groups in total. The third-order valence-electron chi connectivity index (χ3n) is 2.37. The molecular formula is C13H17FO. The molecular weight excluding hydrogens is 191 g/mol. The molecule has 0 amide bonds. The van der Waals surface area contributed by atoms with Gasteiger partial charge < -0.3 is 0 Å². The Morgan fingerprint density at radius 2 is 1.87 bits per heavy atom. The van der Waals surface area contributed by atoms with E-state index in [1.807, 2.05) is 0 Å². The molecule has 0 radical (unpaired) electrons. The zero-order chi connectivity index (χ0) is 11.1. The molecule has 1 aromatic rings. The maximum Gasteiger partial charge on any atom is 0.137 e. The molecule has 0 heterocycles. The molecule has 0 saturated carbocycles. The smallest absolute Gasteiger partial charge is 0.137 e. The second kappa shape index (κ2) is 6.33. The summed E-state index contributed by atoms with van der Waals surface area (Å²) in [5.41, 5.74) is 0.901. The number of carbonyl (C=O) groups excluding carboxylic acids is 1. The van der Waals surface area contributed by atoms with E-state index >= 15 is 0 Å². The van der Waals surface area contributed by atoms with Gasteiger partial charge in [0.25, 0.3) is 0 Å². The molecule has 0 aliphatic rings. The van der Waals surface area contributed by atoms with E-state index in [0.717, 1.165) is 24.8 Å². The van der Waals surface area contributed by atoms with Gasteiger partial charge in [-0.15, -0.1) is 0 Å². The Morgan fingerprint density at radius 3 is 2.47 bits per heavy atom. The van der Waals surface area contributed by atoms with Gasteiger partial charge in [0.2, 0.25) is 0 Å². The summed E-state index contributed by atoms with van der Waals surface area (Å²) in [6.07, 6.45) is 4.28. The lowest BCUT2D eigenvalue weighted by molar-refractivity contribution is -0.118. The van der Waals surface area contributed by atoms with Crippen molar-refractivity contribution in [2.45, 2.75) is 39.0 Å². The SMILES string of the molecule is CCCCCC(=O)Cc1ccc(F)cc1. The van der Waals surface area contributed by atoms with Gasteiger partial charge in [-0.1, -0.05) is 31.9 Å². The van der Waals surface area contributed by atoms with Gasteiger partial charge in [-0.2, -0.15) is 0 Å². The van der Waals surface area contributed by atoms with E-state index in [1.54, 1.807) is 12.1 Å². The van der Waals surface area contributed by atoms with Crippen molar-refractivity contribution in [2.24, 2.45) is 0 Å². The number of carbonyl (C=O) groups is 1. The lowest BCUT2D eigenvalue weighted by Crippen LogP contribution is -2.02. The molecule has 0 fully saturated rings. The number of unbranched alkanes of at least 4 members (excludes halogenated alkanes) is 2. The van der Waals surface area contributed by atoms with Crippen molar-refractivity contribution in [3.8, 4) is 0 Å². The molecule has 0 aromatic heterocycles. The Morgan fingerprint density at radius 1 is 1.20 bits per heavy atom. The fourth-order valence-corrected chi connectivity index (χ4v) is 1.49. The molecule has 15 heavy (non-hydrogen) atoms. The average molecular weight is 208 g/mol. The minimum absolute atomic E-state index is 0.245. The van der Waals surface area contributed by atoms with Crippen LogP contribution in [0.5, 0.6) is 0 Å². The van der Waals surface area contributed by atoms with Gasteiger partial charge in [0.15, 0.2) is 0 Å². The molecule has 0 bridgehead atoms. The van der Waals surface area contributed by atoms with Crippen LogP contribution in [0, 0.1) is 5.82 Å². The zero-order valence-electron chi connectivity index (χ0n) is 9.13. The van der Waals surface area contributed by atoms with Gasteiger partial charge in [0.05, 0.1) is 0 Å². The van der Waals surface area contributed by atoms with Crippen LogP contribution < -0.4 is 0 Å². The third kappa shape index (κ3) is 4.73. The first-order chi connectivity index (χ1) is 7.22. The Labute approximate surface area is 90.3 Å². The molecule has 0 saturated heterocycles. The number of hydrogen-bond donors (Lipinski definition) is 0. The number of Topliss-reactive ketones (excluding diaryl/α,β-unsaturated/α-hetero) is 1. The molecule has 0 atom stereocenters. The monoisotopic (exact) mass is 208 g/mol. The van der Waals surface area contributed by atoms with Gasteiger partial charge in [-0.25, -0.2) is 4.39 Å². The molecule has 82 valence electrons. The van der Waals surface area contributed by atoms with Gasteiger partial charge in [0.1, 0.15) is 11.6 Å². The lowest BCUT2D eigenvalue weighted by Gasteiger charge is -2.00. The maximum absolute atomic E-state index is 12.6. The van der Waals surface area contributed by atoms with E-state index in [4.69, 9.17) is 0 Å². The van der Waals surface area contributed by atoms with Crippen molar-refractivity contribution in [1.29, 1.82) is 0 Å². The third-order valence-corrected chi connectivity index (χ3v) is 2.37. The van der Waals surface area contributed by atoms with Crippen LogP contribution in [-0.2, 0) is 11.2 Å². The average Bonchev–Trinajstić information content (AvgIpc) is 2.22. The van der Waals surface area contributed by atoms with E-state index in [9.17, 15) is 9.18 Å². The first kappa shape index (κ1) is 11.9. The van der Waals surface area contributed by atoms with Crippen LogP contribution in [0.3, 0.4) is 0 Å². The quantitative estimate of drug-likeness (QED) is 0.654. The normalized spacial score (nSPS) is 10.3. The van der Waals surface area contributed by atoms with Crippen LogP contribution in [0.2, 0.25) is 0 Å². The minimum Gasteiger partial charge on any atom is -0.299 e. The Hall–Kier alpha value is -1.18. The van der Waals surface area contributed by atoms with Crippen molar-refractivity contribution in [2.75, 3.05) is 0 Å². The predicted molar refractivity (Wildman–Crippen MR) is 59.3 cm³/mol. The van der Waals surface area contributed by atoms with E-state index in [0.29, 0.717) is 12.8 Å². The highest BCUT2D eigenvalue weighted by Crippen LogP contribution is 2.07. The van der Waals surface area contributed by atoms with Gasteiger partial charge in [0, 0.05) is 12.8 Å². The fraction of sp³-hybridized carbons (Fsp3) is 0.462. The van der Waals surface area contributed by atoms with Crippen LogP contribution >= 0.6 is 0 Å². The highest BCUT2D eigenvalue weighted by Gasteiger charge is 2.03. The van der Waals surface area contributed by atoms with Crippen molar-refractivity contribution in [3.05, 3.63) is 35.6 Å². The molecule has 0 unspecified atom stereocenters. The molecule has 2 heteroatoms. The summed E-state index contributed by atoms with van der Waals surface area (Å²) in [4.78, 5) is 11.5. The van der Waals surface area contributed by atoms with E-state index in [2.05, 4.69) is 6.92 Å². The van der Waals surface area contributed by atoms with E-state index in [-0.39, 0.29) is 11.6 Å². The first-order valence-corrected chi connectivity index (χ1v) is 5.48. The highest BCUT2D eigenvalue weighted by atomic mass is 19.1. The number of halogens is 1. The fourth-order valence-electron chi connectivity index (χ4n) is 1.49. The van der Waals surface area contributed by atoms with Crippen LogP contribution in [0.25, 0.3) is 0 Å². The summed E-state index contributed by atoms with van der Waals surface area (Å²) in [6.45, 7) is 2.12. The van der Waals surface area contributed by atoms with Crippen molar-refractivity contribution < 1.29 is 9.18 Å². The minimum atomic E-state index is -0.253. The van der Waals surface area contributed by atoms with E-state index in [1.165, 1.54) is 12.1 Å². The standard InChI is InChI=1S/C13H17FO/c1-2-3-4-5-13(15)10-11-6-8-12(14)9-7-11/h6-9H,2-5,10H2,1H3. The van der Waals surface area contributed by atoms with Crippen molar-refractivity contribution in [3.63, 3.8) is 0 Å². The zero-order valence-corrected chi connectivity index (χ0v) is 9.13. The summed E-state index contributed by atoms with van der Waals surface area (Å²) in [5, 5.41) is 0. The molecule has 0 aliphatic carbocycles. The Kier molecular flexibility index (Phi) is 5.02. The summed E-state index contributed by atoms with van der Waals surface area (Å²) < 4.78 is 12.6. The number of hydrogen-bond acceptors (Lipinski definition) is 1. The van der Waals surface area contributed by atoms with Crippen LogP contribution in [0.4, 0.5) is 4.39 Å². The number of rotatable bonds is 6. The van der Waals surface area contributed by atoms with Crippen molar-refractivity contribution in [1.82, 2.24) is 0 Å². The van der Waals surface area contributed by atoms with Crippen molar-refractivity contribution >= 4 is 5.78 Å². The van der Waals surface area contributed by atoms with E-state index < -0.39 is 0 Å². The summed E-state index contributed by atoms with van der Waals surface area (Å²) in [5.74, 6) is -0.00719. The van der Waals surface area contributed by atoms with Gasteiger partial charge in [-0.3, -0.25) is 4.79 Å². The molecule has 0 spiro atoms. The number of benzene rings is 1. The molecule has 0 aliphatic heterocycles. The Balaban J connectivity index is 2.34. The summed E-state index contributed by atoms with van der Waals surface area (Å²) in [7, 11) is 0. The topological polar surface area (TPSA) is 17.1 Å². The first-order valence-electron chi connectivity index (χ1n) is 5.48. The maximum atomic E-state index is 12.6. The van der Waals surface area contributed by atoms with Gasteiger partial charge in [-0.05, 0) is 24.1 Å². The highest BCUT2D eigenvalue weighted by molar-refractivity contribution is 5.80.